The Morgan fingerprint density at radius 2 is 2.16 bits per heavy atom. The van der Waals surface area contributed by atoms with Crippen LogP contribution in [0.5, 0.6) is 0 Å². The average Bonchev–Trinajstić information content (AvgIpc) is 2.82. The summed E-state index contributed by atoms with van der Waals surface area (Å²) in [5, 5.41) is 0. The Morgan fingerprint density at radius 3 is 2.84 bits per heavy atom. The van der Waals surface area contributed by atoms with Crippen molar-refractivity contribution in [2.45, 2.75) is 25.8 Å². The van der Waals surface area contributed by atoms with Crippen LogP contribution in [0.4, 0.5) is 4.79 Å². The molecule has 4 heteroatoms. The number of carbonyl (C=O) groups is 2. The van der Waals surface area contributed by atoms with Gasteiger partial charge in [-0.25, -0.2) is 9.69 Å². The number of unbranched alkanes of at least 4 members (excludes halogenated alkanes) is 1. The van der Waals surface area contributed by atoms with E-state index in [9.17, 15) is 9.59 Å². The van der Waals surface area contributed by atoms with Crippen molar-refractivity contribution in [3.05, 3.63) is 48.0 Å². The number of hydrogen-bond donors (Lipinski definition) is 0. The number of cyclic esters (lactones) is 1. The Bertz CT molecular complexity index is 481. The number of nitrogens with zero attached hydrogens (tertiary/aromatic N) is 1. The zero-order chi connectivity index (χ0) is 13.7. The Hall–Kier alpha value is -2.10. The Morgan fingerprint density at radius 1 is 1.42 bits per heavy atom. The minimum absolute atomic E-state index is 0.218. The van der Waals surface area contributed by atoms with Crippen LogP contribution in [0.1, 0.15) is 31.4 Å². The molecular weight excluding hydrogens is 242 g/mol. The van der Waals surface area contributed by atoms with Gasteiger partial charge in [-0.3, -0.25) is 4.79 Å². The van der Waals surface area contributed by atoms with Gasteiger partial charge in [-0.15, -0.1) is 0 Å². The van der Waals surface area contributed by atoms with Crippen LogP contribution in [0.3, 0.4) is 0 Å². The number of benzene rings is 1. The number of carbonyl (C=O) groups excluding carboxylic acids is 2. The zero-order valence-corrected chi connectivity index (χ0v) is 10.9. The molecule has 1 fully saturated rings. The summed E-state index contributed by atoms with van der Waals surface area (Å²) in [6.07, 6.45) is 4.46. The molecule has 0 N–H and O–H groups in total. The molecule has 2 amide bonds. The topological polar surface area (TPSA) is 46.6 Å². The summed E-state index contributed by atoms with van der Waals surface area (Å²) in [5.41, 5.74) is 0.908. The maximum absolute atomic E-state index is 12.1. The van der Waals surface area contributed by atoms with Crippen molar-refractivity contribution in [1.29, 1.82) is 0 Å². The summed E-state index contributed by atoms with van der Waals surface area (Å²) in [4.78, 5) is 24.9. The average molecular weight is 259 g/mol. The molecule has 19 heavy (non-hydrogen) atoms. The summed E-state index contributed by atoms with van der Waals surface area (Å²) in [6, 6.07) is 9.12. The largest absolute Gasteiger partial charge is 0.446 e. The van der Waals surface area contributed by atoms with Crippen LogP contribution in [0.15, 0.2) is 42.5 Å². The molecule has 1 aliphatic rings. The van der Waals surface area contributed by atoms with Gasteiger partial charge in [0, 0.05) is 0 Å². The van der Waals surface area contributed by atoms with Gasteiger partial charge >= 0.3 is 6.09 Å². The van der Waals surface area contributed by atoms with E-state index in [1.165, 1.54) is 11.0 Å². The molecule has 0 bridgehead atoms. The van der Waals surface area contributed by atoms with E-state index in [0.29, 0.717) is 0 Å². The van der Waals surface area contributed by atoms with Crippen LogP contribution in [0.2, 0.25) is 0 Å². The summed E-state index contributed by atoms with van der Waals surface area (Å²) in [7, 11) is 0. The van der Waals surface area contributed by atoms with E-state index in [-0.39, 0.29) is 18.6 Å². The normalized spacial score (nSPS) is 18.9. The molecular formula is C15H17NO3. The van der Waals surface area contributed by atoms with Gasteiger partial charge in [-0.2, -0.15) is 0 Å². The first-order valence-electron chi connectivity index (χ1n) is 6.45. The summed E-state index contributed by atoms with van der Waals surface area (Å²) in [5.74, 6) is -0.315. The molecule has 0 saturated carbocycles. The van der Waals surface area contributed by atoms with Crippen molar-refractivity contribution in [1.82, 2.24) is 4.90 Å². The number of ether oxygens (including phenoxy) is 1. The van der Waals surface area contributed by atoms with Gasteiger partial charge in [0.25, 0.3) is 5.91 Å². The molecule has 100 valence electrons. The summed E-state index contributed by atoms with van der Waals surface area (Å²) >= 11 is 0. The van der Waals surface area contributed by atoms with E-state index >= 15 is 0 Å². The molecule has 0 aromatic heterocycles. The number of imide groups is 1. The third-order valence-electron chi connectivity index (χ3n) is 3.01. The molecule has 1 saturated heterocycles. The van der Waals surface area contributed by atoms with Crippen LogP contribution < -0.4 is 0 Å². The van der Waals surface area contributed by atoms with Crippen LogP contribution >= 0.6 is 0 Å². The fraction of sp³-hybridized carbons (Fsp3) is 0.333. The van der Waals surface area contributed by atoms with Crippen LogP contribution in [0, 0.1) is 0 Å². The molecule has 1 heterocycles. The third-order valence-corrected chi connectivity index (χ3v) is 3.01. The highest BCUT2D eigenvalue weighted by molar-refractivity contribution is 5.99. The van der Waals surface area contributed by atoms with Crippen molar-refractivity contribution < 1.29 is 14.3 Å². The number of allylic oxidation sites excluding steroid dienone is 1. The fourth-order valence-corrected chi connectivity index (χ4v) is 2.02. The van der Waals surface area contributed by atoms with Crippen LogP contribution in [0.25, 0.3) is 0 Å². The molecule has 1 atom stereocenters. The maximum Gasteiger partial charge on any atom is 0.417 e. The molecule has 0 spiro atoms. The first-order valence-corrected chi connectivity index (χ1v) is 6.45. The van der Waals surface area contributed by atoms with Crippen LogP contribution in [-0.2, 0) is 9.53 Å². The minimum Gasteiger partial charge on any atom is -0.446 e. The number of amides is 2. The van der Waals surface area contributed by atoms with Crippen molar-refractivity contribution >= 4 is 12.0 Å². The third kappa shape index (κ3) is 3.02. The molecule has 0 unspecified atom stereocenters. The van der Waals surface area contributed by atoms with Gasteiger partial charge in [0.15, 0.2) is 0 Å². The van der Waals surface area contributed by atoms with E-state index in [1.54, 1.807) is 6.08 Å². The molecule has 0 radical (unpaired) electrons. The predicted molar refractivity (Wildman–Crippen MR) is 71.4 cm³/mol. The number of hydrogen-bond acceptors (Lipinski definition) is 3. The van der Waals surface area contributed by atoms with E-state index < -0.39 is 6.09 Å². The minimum atomic E-state index is -0.569. The quantitative estimate of drug-likeness (QED) is 0.781. The Balaban J connectivity index is 2.16. The monoisotopic (exact) mass is 259 g/mol. The van der Waals surface area contributed by atoms with Gasteiger partial charge in [0.1, 0.15) is 12.6 Å². The van der Waals surface area contributed by atoms with Crippen LogP contribution in [-0.4, -0.2) is 23.5 Å². The molecule has 2 rings (SSSR count). The Labute approximate surface area is 112 Å². The molecule has 4 nitrogen and oxygen atoms in total. The van der Waals surface area contributed by atoms with Gasteiger partial charge in [-0.05, 0) is 18.1 Å². The molecule has 1 aliphatic heterocycles. The van der Waals surface area contributed by atoms with Crippen molar-refractivity contribution in [2.24, 2.45) is 0 Å². The summed E-state index contributed by atoms with van der Waals surface area (Å²) < 4.78 is 4.99. The van der Waals surface area contributed by atoms with E-state index in [4.69, 9.17) is 4.74 Å². The first-order chi connectivity index (χ1) is 9.24. The smallest absolute Gasteiger partial charge is 0.417 e. The van der Waals surface area contributed by atoms with Gasteiger partial charge in [0.2, 0.25) is 0 Å². The van der Waals surface area contributed by atoms with Gasteiger partial charge in [0.05, 0.1) is 0 Å². The molecule has 1 aromatic rings. The standard InChI is InChI=1S/C15H17NO3/c1-2-3-5-10-14(17)16-13(11-19-15(16)18)12-8-6-4-7-9-12/h4-10,13H,2-3,11H2,1H3/b10-5+/t13-/m1/s1. The van der Waals surface area contributed by atoms with E-state index in [1.807, 2.05) is 37.3 Å². The highest BCUT2D eigenvalue weighted by Crippen LogP contribution is 2.27. The van der Waals surface area contributed by atoms with E-state index in [2.05, 4.69) is 0 Å². The van der Waals surface area contributed by atoms with Crippen molar-refractivity contribution in [3.63, 3.8) is 0 Å². The van der Waals surface area contributed by atoms with E-state index in [0.717, 1.165) is 18.4 Å². The van der Waals surface area contributed by atoms with Gasteiger partial charge in [-0.1, -0.05) is 49.8 Å². The zero-order valence-electron chi connectivity index (χ0n) is 10.9. The highest BCUT2D eigenvalue weighted by Gasteiger charge is 2.37. The fourth-order valence-electron chi connectivity index (χ4n) is 2.02. The maximum atomic E-state index is 12.1. The van der Waals surface area contributed by atoms with Gasteiger partial charge < -0.3 is 4.74 Å². The SMILES string of the molecule is CCC/C=C/C(=O)N1C(=O)OC[C@@H]1c1ccccc1. The first kappa shape index (κ1) is 13.3. The van der Waals surface area contributed by atoms with Crippen molar-refractivity contribution in [3.8, 4) is 0 Å². The Kier molecular flexibility index (Phi) is 4.34. The number of rotatable bonds is 4. The second-order valence-corrected chi connectivity index (χ2v) is 4.40. The summed E-state index contributed by atoms with van der Waals surface area (Å²) in [6.45, 7) is 2.25. The van der Waals surface area contributed by atoms with Crippen molar-refractivity contribution in [2.75, 3.05) is 6.61 Å². The lowest BCUT2D eigenvalue weighted by Crippen LogP contribution is -2.32. The lowest BCUT2D eigenvalue weighted by Gasteiger charge is -2.18. The predicted octanol–water partition coefficient (Wildman–Crippen LogP) is 3.06. The lowest BCUT2D eigenvalue weighted by atomic mass is 10.1. The molecule has 0 aliphatic carbocycles. The highest BCUT2D eigenvalue weighted by atomic mass is 16.6. The molecule has 1 aromatic carbocycles. The second kappa shape index (κ2) is 6.18. The lowest BCUT2D eigenvalue weighted by molar-refractivity contribution is -0.124. The second-order valence-electron chi connectivity index (χ2n) is 4.40.